The Labute approximate surface area is 104 Å². The Hall–Kier alpha value is -1.85. The highest BCUT2D eigenvalue weighted by atomic mass is 16.6. The third-order valence-corrected chi connectivity index (χ3v) is 3.76. The Morgan fingerprint density at radius 3 is 2.89 bits per heavy atom. The number of Topliss-reactive ketones (excluding diaryl/α,β-unsaturated/α-hetero) is 1. The van der Waals surface area contributed by atoms with Crippen LogP contribution in [0, 0.1) is 11.3 Å². The summed E-state index contributed by atoms with van der Waals surface area (Å²) in [5.74, 6) is -1.67. The van der Waals surface area contributed by atoms with Gasteiger partial charge >= 0.3 is 12.1 Å². The van der Waals surface area contributed by atoms with E-state index in [9.17, 15) is 19.5 Å². The number of ketones is 1. The van der Waals surface area contributed by atoms with E-state index in [1.807, 2.05) is 0 Å². The van der Waals surface area contributed by atoms with Crippen LogP contribution in [0.5, 0.6) is 0 Å². The summed E-state index contributed by atoms with van der Waals surface area (Å²) in [4.78, 5) is 36.0. The lowest BCUT2D eigenvalue weighted by Gasteiger charge is -2.22. The zero-order valence-corrected chi connectivity index (χ0v) is 9.92. The van der Waals surface area contributed by atoms with Crippen molar-refractivity contribution in [2.75, 3.05) is 19.7 Å². The topological polar surface area (TPSA) is 83.9 Å². The molecule has 0 aromatic heterocycles. The third kappa shape index (κ3) is 1.77. The Bertz CT molecular complexity index is 419. The maximum atomic E-state index is 11.7. The minimum atomic E-state index is -1.11. The number of carboxylic acid groups (broad SMARTS) is 1. The number of carboxylic acids is 1. The number of amides is 1. The van der Waals surface area contributed by atoms with Crippen molar-refractivity contribution in [3.8, 4) is 0 Å². The van der Waals surface area contributed by atoms with Crippen molar-refractivity contribution in [3.05, 3.63) is 12.7 Å². The van der Waals surface area contributed by atoms with E-state index in [0.29, 0.717) is 6.42 Å². The average molecular weight is 253 g/mol. The quantitative estimate of drug-likeness (QED) is 0.747. The lowest BCUT2D eigenvalue weighted by molar-refractivity contribution is -0.150. The van der Waals surface area contributed by atoms with Crippen LogP contribution in [-0.4, -0.2) is 47.5 Å². The molecule has 0 bridgehead atoms. The summed E-state index contributed by atoms with van der Waals surface area (Å²) in [5.41, 5.74) is -1.11. The molecule has 1 aliphatic carbocycles. The lowest BCUT2D eigenvalue weighted by atomic mass is 9.81. The molecule has 1 N–H and O–H groups in total. The van der Waals surface area contributed by atoms with Crippen LogP contribution in [0.3, 0.4) is 0 Å². The molecule has 0 spiro atoms. The van der Waals surface area contributed by atoms with Crippen molar-refractivity contribution in [2.24, 2.45) is 11.3 Å². The second-order valence-corrected chi connectivity index (χ2v) is 4.73. The Morgan fingerprint density at radius 2 is 2.33 bits per heavy atom. The number of fused-ring (bicyclic) bond motifs is 1. The molecule has 0 radical (unpaired) electrons. The minimum absolute atomic E-state index is 0.0503. The maximum Gasteiger partial charge on any atom is 0.410 e. The minimum Gasteiger partial charge on any atom is -0.481 e. The molecule has 2 atom stereocenters. The highest BCUT2D eigenvalue weighted by Crippen LogP contribution is 2.47. The molecule has 2 fully saturated rings. The van der Waals surface area contributed by atoms with Crippen LogP contribution in [0.4, 0.5) is 4.79 Å². The summed E-state index contributed by atoms with van der Waals surface area (Å²) in [7, 11) is 0. The average Bonchev–Trinajstić information content (AvgIpc) is 2.86. The van der Waals surface area contributed by atoms with Crippen molar-refractivity contribution in [1.82, 2.24) is 4.90 Å². The Morgan fingerprint density at radius 1 is 1.61 bits per heavy atom. The van der Waals surface area contributed by atoms with Gasteiger partial charge < -0.3 is 14.7 Å². The second-order valence-electron chi connectivity index (χ2n) is 4.73. The fourth-order valence-electron chi connectivity index (χ4n) is 2.78. The van der Waals surface area contributed by atoms with Gasteiger partial charge in [-0.25, -0.2) is 4.79 Å². The molecule has 0 aromatic rings. The van der Waals surface area contributed by atoms with Gasteiger partial charge in [-0.1, -0.05) is 12.7 Å². The monoisotopic (exact) mass is 253 g/mol. The molecule has 1 amide bonds. The predicted octanol–water partition coefficient (Wildman–Crippen LogP) is 0.675. The number of ether oxygens (including phenoxy) is 1. The predicted molar refractivity (Wildman–Crippen MR) is 60.9 cm³/mol. The molecule has 6 heteroatoms. The van der Waals surface area contributed by atoms with Crippen LogP contribution in [0.25, 0.3) is 0 Å². The van der Waals surface area contributed by atoms with Gasteiger partial charge in [0.1, 0.15) is 12.4 Å². The first-order chi connectivity index (χ1) is 8.51. The zero-order chi connectivity index (χ0) is 13.3. The van der Waals surface area contributed by atoms with Gasteiger partial charge in [-0.15, -0.1) is 0 Å². The highest BCUT2D eigenvalue weighted by Gasteiger charge is 2.60. The molecule has 1 saturated carbocycles. The van der Waals surface area contributed by atoms with E-state index >= 15 is 0 Å². The summed E-state index contributed by atoms with van der Waals surface area (Å²) < 4.78 is 4.87. The molecule has 2 aliphatic rings. The summed E-state index contributed by atoms with van der Waals surface area (Å²) in [5, 5.41) is 9.32. The molecule has 18 heavy (non-hydrogen) atoms. The lowest BCUT2D eigenvalue weighted by Crippen LogP contribution is -2.37. The number of aliphatic carboxylic acids is 1. The van der Waals surface area contributed by atoms with Gasteiger partial charge in [0.25, 0.3) is 0 Å². The molecular weight excluding hydrogens is 238 g/mol. The summed E-state index contributed by atoms with van der Waals surface area (Å²) in [6, 6.07) is 0. The molecule has 98 valence electrons. The number of rotatable bonds is 3. The van der Waals surface area contributed by atoms with Crippen LogP contribution in [0.2, 0.25) is 0 Å². The van der Waals surface area contributed by atoms with Crippen molar-refractivity contribution in [3.63, 3.8) is 0 Å². The van der Waals surface area contributed by atoms with Gasteiger partial charge in [0.05, 0.1) is 11.3 Å². The smallest absolute Gasteiger partial charge is 0.410 e. The van der Waals surface area contributed by atoms with Crippen molar-refractivity contribution >= 4 is 17.8 Å². The summed E-state index contributed by atoms with van der Waals surface area (Å²) >= 11 is 0. The molecule has 0 aromatic carbocycles. The van der Waals surface area contributed by atoms with Gasteiger partial charge in [0.2, 0.25) is 0 Å². The fourth-order valence-corrected chi connectivity index (χ4v) is 2.78. The van der Waals surface area contributed by atoms with E-state index in [1.165, 1.54) is 11.0 Å². The van der Waals surface area contributed by atoms with E-state index in [4.69, 9.17) is 4.74 Å². The standard InChI is InChI=1S/C12H15NO5/c1-2-5-18-11(17)13-6-8-9(14)3-4-12(8,7-13)10(15)16/h2,8H,1,3-7H2,(H,15,16). The zero-order valence-electron chi connectivity index (χ0n) is 9.92. The molecule has 1 aliphatic heterocycles. The van der Waals surface area contributed by atoms with Crippen molar-refractivity contribution < 1.29 is 24.2 Å². The number of hydrogen-bond acceptors (Lipinski definition) is 4. The largest absolute Gasteiger partial charge is 0.481 e. The van der Waals surface area contributed by atoms with Gasteiger partial charge in [0, 0.05) is 19.5 Å². The first-order valence-electron chi connectivity index (χ1n) is 5.80. The highest BCUT2D eigenvalue weighted by molar-refractivity contribution is 5.94. The van der Waals surface area contributed by atoms with Gasteiger partial charge in [-0.05, 0) is 6.42 Å². The molecular formula is C12H15NO5. The number of likely N-dealkylation sites (tertiary alicyclic amines) is 1. The van der Waals surface area contributed by atoms with Gasteiger partial charge in [0.15, 0.2) is 0 Å². The van der Waals surface area contributed by atoms with E-state index in [-0.39, 0.29) is 31.9 Å². The second kappa shape index (κ2) is 4.44. The number of hydrogen-bond donors (Lipinski definition) is 1. The normalized spacial score (nSPS) is 30.1. The maximum absolute atomic E-state index is 11.7. The van der Waals surface area contributed by atoms with Crippen LogP contribution in [-0.2, 0) is 14.3 Å². The summed E-state index contributed by atoms with van der Waals surface area (Å²) in [6.07, 6.45) is 1.44. The fraction of sp³-hybridized carbons (Fsp3) is 0.583. The molecule has 2 rings (SSSR count). The first kappa shape index (κ1) is 12.6. The first-order valence-corrected chi connectivity index (χ1v) is 5.80. The molecule has 2 unspecified atom stereocenters. The molecule has 6 nitrogen and oxygen atoms in total. The van der Waals surface area contributed by atoms with Crippen molar-refractivity contribution in [1.29, 1.82) is 0 Å². The van der Waals surface area contributed by atoms with Gasteiger partial charge in [-0.3, -0.25) is 9.59 Å². The summed E-state index contributed by atoms with van der Waals surface area (Å²) in [6.45, 7) is 3.69. The number of carbonyl (C=O) groups excluding carboxylic acids is 2. The van der Waals surface area contributed by atoms with Crippen molar-refractivity contribution in [2.45, 2.75) is 12.8 Å². The van der Waals surface area contributed by atoms with E-state index < -0.39 is 23.4 Å². The van der Waals surface area contributed by atoms with E-state index in [1.54, 1.807) is 0 Å². The van der Waals surface area contributed by atoms with Crippen LogP contribution >= 0.6 is 0 Å². The van der Waals surface area contributed by atoms with Crippen LogP contribution in [0.1, 0.15) is 12.8 Å². The third-order valence-electron chi connectivity index (χ3n) is 3.76. The van der Waals surface area contributed by atoms with Crippen LogP contribution < -0.4 is 0 Å². The number of nitrogens with zero attached hydrogens (tertiary/aromatic N) is 1. The molecule has 1 heterocycles. The van der Waals surface area contributed by atoms with Gasteiger partial charge in [-0.2, -0.15) is 0 Å². The Kier molecular flexibility index (Phi) is 3.11. The van der Waals surface area contributed by atoms with E-state index in [0.717, 1.165) is 0 Å². The van der Waals surface area contributed by atoms with Crippen LogP contribution in [0.15, 0.2) is 12.7 Å². The number of carbonyl (C=O) groups is 3. The Balaban J connectivity index is 2.13. The van der Waals surface area contributed by atoms with E-state index in [2.05, 4.69) is 6.58 Å². The SMILES string of the molecule is C=CCOC(=O)N1CC2C(=O)CCC2(C(=O)O)C1. The molecule has 1 saturated heterocycles.